The van der Waals surface area contributed by atoms with E-state index >= 15 is 0 Å². The second kappa shape index (κ2) is 16.2. The lowest BCUT2D eigenvalue weighted by atomic mass is 9.75. The molecule has 0 saturated carbocycles. The topological polar surface area (TPSA) is 0 Å². The van der Waals surface area contributed by atoms with Crippen molar-refractivity contribution in [3.05, 3.63) is 255 Å². The van der Waals surface area contributed by atoms with Crippen LogP contribution in [0.3, 0.4) is 0 Å². The Balaban J connectivity index is 1.47. The Kier molecular flexibility index (Phi) is 9.65. The zero-order valence-corrected chi connectivity index (χ0v) is 34.2. The molecule has 0 atom stereocenters. The summed E-state index contributed by atoms with van der Waals surface area (Å²) < 4.78 is 0. The average Bonchev–Trinajstić information content (AvgIpc) is 3.36. The smallest absolute Gasteiger partial charge is 0.00141 e. The summed E-state index contributed by atoms with van der Waals surface area (Å²) in [6.45, 7) is 0. The van der Waals surface area contributed by atoms with E-state index in [1.807, 2.05) is 0 Å². The number of fused-ring (bicyclic) bond motifs is 2. The van der Waals surface area contributed by atoms with Gasteiger partial charge < -0.3 is 0 Å². The van der Waals surface area contributed by atoms with E-state index in [2.05, 4.69) is 255 Å². The van der Waals surface area contributed by atoms with Crippen molar-refractivity contribution in [1.82, 2.24) is 0 Å². The molecule has 11 aromatic rings. The molecule has 11 aromatic carbocycles. The third kappa shape index (κ3) is 6.51. The van der Waals surface area contributed by atoms with Crippen molar-refractivity contribution in [2.45, 2.75) is 0 Å². The molecule has 0 fully saturated rings. The number of hydrogen-bond donors (Lipinski definition) is 0. The molecular formula is C62H42. The highest BCUT2D eigenvalue weighted by molar-refractivity contribution is 6.26. The normalized spacial score (nSPS) is 11.2. The average molecular weight is 787 g/mol. The summed E-state index contributed by atoms with van der Waals surface area (Å²) in [6.07, 6.45) is 0. The van der Waals surface area contributed by atoms with E-state index in [-0.39, 0.29) is 0 Å². The van der Waals surface area contributed by atoms with Crippen LogP contribution in [0, 0.1) is 0 Å². The van der Waals surface area contributed by atoms with Gasteiger partial charge >= 0.3 is 0 Å². The van der Waals surface area contributed by atoms with Gasteiger partial charge in [0.2, 0.25) is 0 Å². The third-order valence-corrected chi connectivity index (χ3v) is 12.2. The van der Waals surface area contributed by atoms with Crippen molar-refractivity contribution in [1.29, 1.82) is 0 Å². The minimum absolute atomic E-state index is 1.18. The maximum absolute atomic E-state index is 2.54. The fourth-order valence-corrected chi connectivity index (χ4v) is 9.66. The van der Waals surface area contributed by atoms with Crippen LogP contribution in [0.1, 0.15) is 0 Å². The van der Waals surface area contributed by atoms with Crippen LogP contribution >= 0.6 is 0 Å². The molecule has 0 aliphatic rings. The molecule has 0 spiro atoms. The van der Waals surface area contributed by atoms with Crippen LogP contribution in [0.4, 0.5) is 0 Å². The van der Waals surface area contributed by atoms with Gasteiger partial charge in [-0.25, -0.2) is 0 Å². The Labute approximate surface area is 363 Å². The Morgan fingerprint density at radius 2 is 0.258 bits per heavy atom. The number of benzene rings is 11. The van der Waals surface area contributed by atoms with Gasteiger partial charge in [0.15, 0.2) is 0 Å². The van der Waals surface area contributed by atoms with E-state index in [9.17, 15) is 0 Å². The second-order valence-electron chi connectivity index (χ2n) is 15.9. The van der Waals surface area contributed by atoms with Gasteiger partial charge in [-0.15, -0.1) is 0 Å². The Morgan fingerprint density at radius 1 is 0.129 bits per heavy atom. The predicted octanol–water partition coefficient (Wildman–Crippen LogP) is 17.3. The Bertz CT molecular complexity index is 2850. The first-order chi connectivity index (χ1) is 30.8. The second-order valence-corrected chi connectivity index (χ2v) is 15.9. The Hall–Kier alpha value is -8.06. The number of rotatable bonds is 8. The first kappa shape index (κ1) is 37.0. The van der Waals surface area contributed by atoms with Crippen LogP contribution in [-0.2, 0) is 0 Å². The molecule has 0 aliphatic carbocycles. The van der Waals surface area contributed by atoms with Crippen LogP contribution in [-0.4, -0.2) is 0 Å². The lowest BCUT2D eigenvalue weighted by Gasteiger charge is -2.27. The fraction of sp³-hybridized carbons (Fsp3) is 0. The molecule has 0 unspecified atom stereocenters. The largest absolute Gasteiger partial charge is 0.0622 e. The van der Waals surface area contributed by atoms with Crippen molar-refractivity contribution in [2.75, 3.05) is 0 Å². The first-order valence-electron chi connectivity index (χ1n) is 21.4. The first-order valence-corrected chi connectivity index (χ1v) is 21.4. The zero-order chi connectivity index (χ0) is 41.2. The SMILES string of the molecule is c1ccc(-c2c(-c3ccccc3)c(-c3ccccc3)c3cc4c(-c5ccccc5)c(-c5ccccc5)c(-c5ccccc5)c(-c5ccccc5)c4cc3c2-c2ccccc2)cc1. The molecule has 0 aliphatic heterocycles. The van der Waals surface area contributed by atoms with Crippen molar-refractivity contribution in [3.8, 4) is 89.0 Å². The molecule has 0 N–H and O–H groups in total. The minimum atomic E-state index is 1.18. The summed E-state index contributed by atoms with van der Waals surface area (Å²) in [4.78, 5) is 0. The highest BCUT2D eigenvalue weighted by Gasteiger charge is 2.28. The molecule has 290 valence electrons. The minimum Gasteiger partial charge on any atom is -0.0622 e. The summed E-state index contributed by atoms with van der Waals surface area (Å²) in [5, 5.41) is 4.85. The van der Waals surface area contributed by atoms with Crippen molar-refractivity contribution in [2.24, 2.45) is 0 Å². The summed E-state index contributed by atoms with van der Waals surface area (Å²) >= 11 is 0. The van der Waals surface area contributed by atoms with E-state index < -0.39 is 0 Å². The van der Waals surface area contributed by atoms with Crippen LogP contribution in [0.15, 0.2) is 255 Å². The molecule has 62 heavy (non-hydrogen) atoms. The van der Waals surface area contributed by atoms with E-state index in [4.69, 9.17) is 0 Å². The molecule has 11 rings (SSSR count). The van der Waals surface area contributed by atoms with Gasteiger partial charge in [-0.1, -0.05) is 243 Å². The van der Waals surface area contributed by atoms with Gasteiger partial charge in [-0.3, -0.25) is 0 Å². The molecule has 0 radical (unpaired) electrons. The van der Waals surface area contributed by atoms with Crippen LogP contribution < -0.4 is 0 Å². The van der Waals surface area contributed by atoms with Gasteiger partial charge in [0.25, 0.3) is 0 Å². The molecule has 0 aromatic heterocycles. The van der Waals surface area contributed by atoms with Crippen molar-refractivity contribution < 1.29 is 0 Å². The highest BCUT2D eigenvalue weighted by Crippen LogP contribution is 2.56. The molecule has 0 saturated heterocycles. The van der Waals surface area contributed by atoms with Gasteiger partial charge in [-0.2, -0.15) is 0 Å². The van der Waals surface area contributed by atoms with Crippen LogP contribution in [0.5, 0.6) is 0 Å². The summed E-state index contributed by atoms with van der Waals surface area (Å²) in [7, 11) is 0. The van der Waals surface area contributed by atoms with Gasteiger partial charge in [0, 0.05) is 0 Å². The zero-order valence-electron chi connectivity index (χ0n) is 34.2. The maximum atomic E-state index is 2.54. The van der Waals surface area contributed by atoms with E-state index in [1.54, 1.807) is 0 Å². The van der Waals surface area contributed by atoms with Crippen molar-refractivity contribution >= 4 is 21.5 Å². The highest BCUT2D eigenvalue weighted by atomic mass is 14.3. The van der Waals surface area contributed by atoms with Crippen LogP contribution in [0.2, 0.25) is 0 Å². The molecule has 0 heterocycles. The molecule has 0 amide bonds. The standard InChI is InChI=1S/C62H42/c1-9-25-43(26-10-1)55-51-41-53-54(42-52(51)56(44-27-11-2-12-28-44)60(48-35-19-6-20-36-48)59(55)47-33-17-5-18-34-47)58(46-31-15-4-16-32-46)62(50-39-23-8-24-40-50)61(49-37-21-7-22-38-49)57(53)45-29-13-3-14-30-45/h1-42H. The predicted molar refractivity (Wildman–Crippen MR) is 265 cm³/mol. The summed E-state index contributed by atoms with van der Waals surface area (Å²) in [6, 6.07) is 93.2. The van der Waals surface area contributed by atoms with E-state index in [0.717, 1.165) is 0 Å². The summed E-state index contributed by atoms with van der Waals surface area (Å²) in [5.41, 5.74) is 19.2. The Morgan fingerprint density at radius 3 is 0.403 bits per heavy atom. The third-order valence-electron chi connectivity index (χ3n) is 12.2. The lowest BCUT2D eigenvalue weighted by Crippen LogP contribution is -2.00. The summed E-state index contributed by atoms with van der Waals surface area (Å²) in [5.74, 6) is 0. The molecular weight excluding hydrogens is 745 g/mol. The fourth-order valence-electron chi connectivity index (χ4n) is 9.66. The van der Waals surface area contributed by atoms with Gasteiger partial charge in [0.05, 0.1) is 0 Å². The number of hydrogen-bond acceptors (Lipinski definition) is 0. The van der Waals surface area contributed by atoms with Gasteiger partial charge in [-0.05, 0) is 123 Å². The maximum Gasteiger partial charge on any atom is -0.00141 e. The lowest BCUT2D eigenvalue weighted by molar-refractivity contribution is 1.56. The van der Waals surface area contributed by atoms with Crippen molar-refractivity contribution in [3.63, 3.8) is 0 Å². The molecule has 0 nitrogen and oxygen atoms in total. The van der Waals surface area contributed by atoms with Gasteiger partial charge in [0.1, 0.15) is 0 Å². The monoisotopic (exact) mass is 786 g/mol. The molecule has 0 heteroatoms. The van der Waals surface area contributed by atoms with E-state index in [1.165, 1.54) is 111 Å². The molecule has 0 bridgehead atoms. The van der Waals surface area contributed by atoms with Crippen LogP contribution in [0.25, 0.3) is 111 Å². The van der Waals surface area contributed by atoms with E-state index in [0.29, 0.717) is 0 Å². The quantitative estimate of drug-likeness (QED) is 0.135.